The number of halogens is 1. The Morgan fingerprint density at radius 3 is 2.85 bits per heavy atom. The lowest BCUT2D eigenvalue weighted by Crippen LogP contribution is -2.24. The van der Waals surface area contributed by atoms with Crippen molar-refractivity contribution in [2.75, 3.05) is 17.2 Å². The van der Waals surface area contributed by atoms with E-state index in [0.29, 0.717) is 40.1 Å². The largest absolute Gasteiger partial charge is 0.506 e. The van der Waals surface area contributed by atoms with Crippen LogP contribution in [0, 0.1) is 0 Å². The van der Waals surface area contributed by atoms with Gasteiger partial charge in [-0.05, 0) is 12.5 Å². The number of hydrogen-bond acceptors (Lipinski definition) is 7. The molecule has 0 amide bonds. The van der Waals surface area contributed by atoms with Gasteiger partial charge in [0.1, 0.15) is 5.75 Å². The number of anilines is 2. The minimum Gasteiger partial charge on any atom is -0.506 e. The lowest BCUT2D eigenvalue weighted by atomic mass is 10.2. The van der Waals surface area contributed by atoms with E-state index in [4.69, 9.17) is 11.6 Å². The summed E-state index contributed by atoms with van der Waals surface area (Å²) in [6, 6.07) is 5.05. The van der Waals surface area contributed by atoms with Gasteiger partial charge in [0, 0.05) is 19.2 Å². The van der Waals surface area contributed by atoms with E-state index in [1.807, 2.05) is 14.0 Å². The van der Waals surface area contributed by atoms with Crippen LogP contribution in [-0.2, 0) is 13.6 Å². The summed E-state index contributed by atoms with van der Waals surface area (Å²) >= 11 is 5.96. The summed E-state index contributed by atoms with van der Waals surface area (Å²) in [5, 5.41) is 26.1. The van der Waals surface area contributed by atoms with Crippen LogP contribution < -0.4 is 10.6 Å². The van der Waals surface area contributed by atoms with Crippen LogP contribution in [0.4, 0.5) is 11.8 Å². The zero-order chi connectivity index (χ0) is 18.7. The highest BCUT2D eigenvalue weighted by Gasteiger charge is 2.15. The molecule has 8 nitrogen and oxygen atoms in total. The molecule has 0 aliphatic heterocycles. The van der Waals surface area contributed by atoms with E-state index in [-0.39, 0.29) is 18.4 Å². The minimum atomic E-state index is -0.134. The van der Waals surface area contributed by atoms with Crippen LogP contribution in [0.5, 0.6) is 5.75 Å². The minimum absolute atomic E-state index is 0.0115. The van der Waals surface area contributed by atoms with E-state index in [0.717, 1.165) is 6.42 Å². The summed E-state index contributed by atoms with van der Waals surface area (Å²) in [4.78, 5) is 13.3. The monoisotopic (exact) mass is 376 g/mol. The summed E-state index contributed by atoms with van der Waals surface area (Å²) in [6.45, 7) is 2.28. The highest BCUT2D eigenvalue weighted by atomic mass is 35.5. The van der Waals surface area contributed by atoms with Crippen molar-refractivity contribution in [3.05, 3.63) is 35.1 Å². The standard InChI is InChI=1S/C17H21ClN6O2/c1-3-11(8-25)21-17-22-15(13-16(23-17)24(2)9-20-13)19-7-10-5-4-6-12(18)14(10)26/h4-6,9,11,25-26H,3,7-8H2,1-2H3,(H2,19,21,22,23). The highest BCUT2D eigenvalue weighted by molar-refractivity contribution is 6.32. The lowest BCUT2D eigenvalue weighted by molar-refractivity contribution is 0.271. The van der Waals surface area contributed by atoms with Gasteiger partial charge in [0.25, 0.3) is 0 Å². The number of phenols is 1. The molecule has 0 aliphatic carbocycles. The molecule has 0 saturated carbocycles. The summed E-state index contributed by atoms with van der Waals surface area (Å²) in [7, 11) is 1.85. The molecule has 0 aliphatic rings. The first-order valence-electron chi connectivity index (χ1n) is 8.30. The quantitative estimate of drug-likeness (QED) is 0.501. The lowest BCUT2D eigenvalue weighted by Gasteiger charge is -2.15. The maximum atomic E-state index is 10.1. The Balaban J connectivity index is 1.92. The van der Waals surface area contributed by atoms with Gasteiger partial charge in [-0.1, -0.05) is 30.7 Å². The number of nitrogens with zero attached hydrogens (tertiary/aromatic N) is 4. The number of aromatic nitrogens is 4. The number of aliphatic hydroxyl groups excluding tert-OH is 1. The number of benzene rings is 1. The van der Waals surface area contributed by atoms with Crippen molar-refractivity contribution in [1.82, 2.24) is 19.5 Å². The maximum absolute atomic E-state index is 10.1. The van der Waals surface area contributed by atoms with Gasteiger partial charge >= 0.3 is 0 Å². The molecule has 9 heteroatoms. The first-order valence-corrected chi connectivity index (χ1v) is 8.68. The molecule has 0 bridgehead atoms. The third-order valence-corrected chi connectivity index (χ3v) is 4.43. The van der Waals surface area contributed by atoms with E-state index in [2.05, 4.69) is 25.6 Å². The van der Waals surface area contributed by atoms with Crippen molar-refractivity contribution in [3.63, 3.8) is 0 Å². The maximum Gasteiger partial charge on any atom is 0.227 e. The Labute approximate surface area is 155 Å². The number of hydrogen-bond donors (Lipinski definition) is 4. The van der Waals surface area contributed by atoms with Crippen LogP contribution in [-0.4, -0.2) is 42.4 Å². The zero-order valence-electron chi connectivity index (χ0n) is 14.6. The SMILES string of the molecule is CCC(CO)Nc1nc(NCc2cccc(Cl)c2O)c2ncn(C)c2n1. The topological polar surface area (TPSA) is 108 Å². The molecule has 1 unspecified atom stereocenters. The number of imidazole rings is 1. The Bertz CT molecular complexity index is 910. The summed E-state index contributed by atoms with van der Waals surface area (Å²) in [5.41, 5.74) is 1.93. The van der Waals surface area contributed by atoms with Crippen LogP contribution in [0.1, 0.15) is 18.9 Å². The first-order chi connectivity index (χ1) is 12.5. The average Bonchev–Trinajstić information content (AvgIpc) is 3.02. The average molecular weight is 377 g/mol. The van der Waals surface area contributed by atoms with Crippen LogP contribution in [0.2, 0.25) is 5.02 Å². The predicted molar refractivity (Wildman–Crippen MR) is 102 cm³/mol. The molecule has 0 fully saturated rings. The van der Waals surface area contributed by atoms with Crippen molar-refractivity contribution in [3.8, 4) is 5.75 Å². The fourth-order valence-corrected chi connectivity index (χ4v) is 2.73. The van der Waals surface area contributed by atoms with E-state index in [1.54, 1.807) is 29.1 Å². The fourth-order valence-electron chi connectivity index (χ4n) is 2.54. The normalized spacial score (nSPS) is 12.3. The predicted octanol–water partition coefficient (Wildman–Crippen LogP) is 2.52. The second kappa shape index (κ2) is 7.76. The number of phenolic OH excluding ortho intramolecular Hbond substituents is 1. The highest BCUT2D eigenvalue weighted by Crippen LogP contribution is 2.28. The van der Waals surface area contributed by atoms with E-state index >= 15 is 0 Å². The number of rotatable bonds is 7. The third-order valence-electron chi connectivity index (χ3n) is 4.12. The molecule has 2 heterocycles. The summed E-state index contributed by atoms with van der Waals surface area (Å²) in [6.07, 6.45) is 2.40. The number of aryl methyl sites for hydroxylation is 1. The van der Waals surface area contributed by atoms with Gasteiger partial charge in [0.15, 0.2) is 17.0 Å². The number of para-hydroxylation sites is 1. The van der Waals surface area contributed by atoms with Crippen LogP contribution in [0.3, 0.4) is 0 Å². The molecule has 1 aromatic carbocycles. The van der Waals surface area contributed by atoms with Crippen molar-refractivity contribution in [2.24, 2.45) is 7.05 Å². The Morgan fingerprint density at radius 2 is 2.12 bits per heavy atom. The molecule has 0 saturated heterocycles. The molecular formula is C17H21ClN6O2. The first kappa shape index (κ1) is 18.2. The molecule has 3 rings (SSSR count). The molecule has 4 N–H and O–H groups in total. The van der Waals surface area contributed by atoms with Gasteiger partial charge in [0.05, 0.1) is 24.0 Å². The van der Waals surface area contributed by atoms with Gasteiger partial charge in [-0.25, -0.2) is 4.98 Å². The number of aromatic hydroxyl groups is 1. The van der Waals surface area contributed by atoms with Crippen molar-refractivity contribution in [2.45, 2.75) is 25.9 Å². The third kappa shape index (κ3) is 3.66. The Kier molecular flexibility index (Phi) is 5.43. The van der Waals surface area contributed by atoms with E-state index in [9.17, 15) is 10.2 Å². The fraction of sp³-hybridized carbons (Fsp3) is 0.353. The molecule has 2 aromatic heterocycles. The molecule has 138 valence electrons. The molecular weight excluding hydrogens is 356 g/mol. The van der Waals surface area contributed by atoms with Gasteiger partial charge in [-0.15, -0.1) is 0 Å². The number of fused-ring (bicyclic) bond motifs is 1. The van der Waals surface area contributed by atoms with Crippen LogP contribution >= 0.6 is 11.6 Å². The van der Waals surface area contributed by atoms with Crippen molar-refractivity contribution < 1.29 is 10.2 Å². The molecule has 0 radical (unpaired) electrons. The van der Waals surface area contributed by atoms with Gasteiger partial charge in [0.2, 0.25) is 5.95 Å². The van der Waals surface area contributed by atoms with Gasteiger partial charge < -0.3 is 25.4 Å². The van der Waals surface area contributed by atoms with Gasteiger partial charge in [-0.3, -0.25) is 0 Å². The molecule has 1 atom stereocenters. The molecule has 0 spiro atoms. The molecule has 26 heavy (non-hydrogen) atoms. The number of aliphatic hydroxyl groups is 1. The second-order valence-corrected chi connectivity index (χ2v) is 6.36. The Morgan fingerprint density at radius 1 is 1.31 bits per heavy atom. The summed E-state index contributed by atoms with van der Waals surface area (Å²) in [5.74, 6) is 0.975. The second-order valence-electron chi connectivity index (χ2n) is 5.96. The van der Waals surface area contributed by atoms with Gasteiger partial charge in [-0.2, -0.15) is 9.97 Å². The van der Waals surface area contributed by atoms with E-state index in [1.165, 1.54) is 0 Å². The van der Waals surface area contributed by atoms with Crippen molar-refractivity contribution >= 4 is 34.5 Å². The Hall–Kier alpha value is -2.58. The summed E-state index contributed by atoms with van der Waals surface area (Å²) < 4.78 is 1.80. The number of nitrogens with one attached hydrogen (secondary N) is 2. The smallest absolute Gasteiger partial charge is 0.227 e. The molecule has 3 aromatic rings. The zero-order valence-corrected chi connectivity index (χ0v) is 15.3. The van der Waals surface area contributed by atoms with E-state index < -0.39 is 0 Å². The van der Waals surface area contributed by atoms with Crippen LogP contribution in [0.25, 0.3) is 11.2 Å². The van der Waals surface area contributed by atoms with Crippen LogP contribution in [0.15, 0.2) is 24.5 Å². The van der Waals surface area contributed by atoms with Crippen molar-refractivity contribution in [1.29, 1.82) is 0 Å².